The monoisotopic (exact) mass is 680 g/mol. The van der Waals surface area contributed by atoms with Crippen molar-refractivity contribution in [3.8, 4) is 44.5 Å². The number of hydrogen-bond acceptors (Lipinski definition) is 3. The summed E-state index contributed by atoms with van der Waals surface area (Å²) in [6, 6.07) is 50.0. The summed E-state index contributed by atoms with van der Waals surface area (Å²) < 4.78 is 8.12. The zero-order valence-corrected chi connectivity index (χ0v) is 28.0. The Morgan fingerprint density at radius 1 is 0.320 bits per heavy atom. The maximum absolute atomic E-state index is 8.12. The summed E-state index contributed by atoms with van der Waals surface area (Å²) in [6.07, 6.45) is 8.41. The van der Waals surface area contributed by atoms with Gasteiger partial charge in [-0.1, -0.05) is 146 Å². The summed E-state index contributed by atoms with van der Waals surface area (Å²) in [5, 5.41) is 0. The van der Waals surface area contributed by atoms with Crippen LogP contribution in [0.25, 0.3) is 90.9 Å². The first-order valence-corrected chi connectivity index (χ1v) is 16.8. The molecule has 3 aromatic heterocycles. The number of benzene rings is 4. The van der Waals surface area contributed by atoms with Gasteiger partial charge in [-0.05, 0) is 68.8 Å². The minimum absolute atomic E-state index is 0.861. The van der Waals surface area contributed by atoms with Crippen LogP contribution >= 0.6 is 0 Å². The second kappa shape index (κ2) is 13.7. The van der Waals surface area contributed by atoms with Gasteiger partial charge in [-0.2, -0.15) is 0 Å². The first-order chi connectivity index (χ1) is 24.8. The van der Waals surface area contributed by atoms with Gasteiger partial charge in [0.15, 0.2) is 0 Å². The Bertz CT molecular complexity index is 2210. The normalized spacial score (nSPS) is 11.6. The third-order valence-corrected chi connectivity index (χ3v) is 8.86. The SMILES string of the molecule is C1=Cc2nc1c(-c1ccccc1)c1ccc([n-]1)c(-c1ccccc1)c1nc(c(-c3ccccc3)c3ccc([n-]3)c2-c2ccccc2)C=C1.[O]=[Cr]. The van der Waals surface area contributed by atoms with Crippen LogP contribution in [0.2, 0.25) is 0 Å². The standard InChI is InChI=1S/C44H28N4.Cr.O/c1-5-13-29(14-6-1)41-33-21-23-35(45-33)42(30-15-7-2-8-16-30)37-25-27-39(47-37)44(32-19-11-4-12-20-32)40-28-26-38(48-40)43(31-17-9-3-10-18-31)36-24-22-34(41)46-36;;/h1-28H;;/q-2;;. The van der Waals surface area contributed by atoms with E-state index >= 15 is 0 Å². The number of hydrogen-bond donors (Lipinski definition) is 0. The fourth-order valence-corrected chi connectivity index (χ4v) is 6.69. The Kier molecular flexibility index (Phi) is 8.55. The van der Waals surface area contributed by atoms with Crippen molar-refractivity contribution in [1.29, 1.82) is 0 Å². The molecular weight excluding hydrogens is 653 g/mol. The van der Waals surface area contributed by atoms with Crippen molar-refractivity contribution < 1.29 is 20.0 Å². The third kappa shape index (κ3) is 5.78. The molecule has 0 radical (unpaired) electrons. The zero-order chi connectivity index (χ0) is 33.9. The average Bonchev–Trinajstić information content (AvgIpc) is 4.02. The van der Waals surface area contributed by atoms with Gasteiger partial charge in [0.1, 0.15) is 0 Å². The molecule has 0 amide bonds. The van der Waals surface area contributed by atoms with Crippen molar-refractivity contribution >= 4 is 46.4 Å². The molecule has 0 aliphatic carbocycles. The van der Waals surface area contributed by atoms with Crippen LogP contribution < -0.4 is 9.97 Å². The molecule has 8 bridgehead atoms. The minimum atomic E-state index is 0.861. The summed E-state index contributed by atoms with van der Waals surface area (Å²) in [4.78, 5) is 21.2. The van der Waals surface area contributed by atoms with Gasteiger partial charge in [0.05, 0.1) is 22.8 Å². The first kappa shape index (κ1) is 31.1. The van der Waals surface area contributed by atoms with Crippen LogP contribution in [0, 0.1) is 0 Å². The molecular formula is C44H28CrN4O-2. The zero-order valence-electron chi connectivity index (χ0n) is 26.8. The molecule has 0 spiro atoms. The topological polar surface area (TPSA) is 71.1 Å². The fourth-order valence-electron chi connectivity index (χ4n) is 6.69. The molecule has 0 saturated heterocycles. The van der Waals surface area contributed by atoms with Gasteiger partial charge in [0.25, 0.3) is 0 Å². The summed E-state index contributed by atoms with van der Waals surface area (Å²) in [5.74, 6) is 0. The third-order valence-electron chi connectivity index (χ3n) is 8.86. The Morgan fingerprint density at radius 2 is 0.540 bits per heavy atom. The van der Waals surface area contributed by atoms with E-state index in [4.69, 9.17) is 23.7 Å². The molecule has 7 aromatic rings. The van der Waals surface area contributed by atoms with E-state index < -0.39 is 0 Å². The van der Waals surface area contributed by atoms with Gasteiger partial charge < -0.3 is 9.97 Å². The number of nitrogens with zero attached hydrogens (tertiary/aromatic N) is 4. The second-order valence-corrected chi connectivity index (χ2v) is 11.8. The average molecular weight is 681 g/mol. The van der Waals surface area contributed by atoms with E-state index in [2.05, 4.69) is 146 Å². The molecule has 5 heterocycles. The van der Waals surface area contributed by atoms with Crippen LogP contribution in [0.4, 0.5) is 0 Å². The molecule has 0 N–H and O–H groups in total. The quantitative estimate of drug-likeness (QED) is 0.185. The molecule has 0 saturated carbocycles. The summed E-state index contributed by atoms with van der Waals surface area (Å²) in [6.45, 7) is 0. The van der Waals surface area contributed by atoms with Crippen molar-refractivity contribution in [2.75, 3.05) is 0 Å². The molecule has 9 rings (SSSR count). The van der Waals surface area contributed by atoms with Crippen LogP contribution in [0.3, 0.4) is 0 Å². The molecule has 0 fully saturated rings. The number of fused-ring (bicyclic) bond motifs is 8. The van der Waals surface area contributed by atoms with E-state index in [-0.39, 0.29) is 0 Å². The maximum atomic E-state index is 8.12. The molecule has 4 aromatic carbocycles. The van der Waals surface area contributed by atoms with Crippen LogP contribution in [0.1, 0.15) is 22.8 Å². The molecule has 238 valence electrons. The molecule has 0 atom stereocenters. The van der Waals surface area contributed by atoms with Crippen LogP contribution in [-0.2, 0) is 20.0 Å². The summed E-state index contributed by atoms with van der Waals surface area (Å²) >= 11 is 1.38. The molecule has 6 heteroatoms. The van der Waals surface area contributed by atoms with Crippen molar-refractivity contribution in [3.63, 3.8) is 0 Å². The van der Waals surface area contributed by atoms with E-state index in [1.807, 2.05) is 24.3 Å². The van der Waals surface area contributed by atoms with E-state index in [0.29, 0.717) is 0 Å². The van der Waals surface area contributed by atoms with Crippen molar-refractivity contribution in [3.05, 3.63) is 168 Å². The predicted molar refractivity (Wildman–Crippen MR) is 199 cm³/mol. The van der Waals surface area contributed by atoms with Gasteiger partial charge in [-0.3, -0.25) is 0 Å². The van der Waals surface area contributed by atoms with Crippen LogP contribution in [0.5, 0.6) is 0 Å². The van der Waals surface area contributed by atoms with E-state index in [0.717, 1.165) is 89.4 Å². The van der Waals surface area contributed by atoms with E-state index in [9.17, 15) is 0 Å². The van der Waals surface area contributed by atoms with Crippen LogP contribution in [0.15, 0.2) is 146 Å². The first-order valence-electron chi connectivity index (χ1n) is 16.2. The predicted octanol–water partition coefficient (Wildman–Crippen LogP) is 10.5. The van der Waals surface area contributed by atoms with Crippen molar-refractivity contribution in [2.24, 2.45) is 0 Å². The van der Waals surface area contributed by atoms with E-state index in [1.165, 1.54) is 16.2 Å². The van der Waals surface area contributed by atoms with Gasteiger partial charge in [-0.25, -0.2) is 9.97 Å². The Morgan fingerprint density at radius 3 is 0.760 bits per heavy atom. The molecule has 50 heavy (non-hydrogen) atoms. The fraction of sp³-hybridized carbons (Fsp3) is 0. The molecule has 2 aliphatic rings. The summed E-state index contributed by atoms with van der Waals surface area (Å²) in [5.41, 5.74) is 15.0. The van der Waals surface area contributed by atoms with Crippen LogP contribution in [-0.4, -0.2) is 9.97 Å². The Hall–Kier alpha value is -6.19. The number of rotatable bonds is 4. The van der Waals surface area contributed by atoms with E-state index in [1.54, 1.807) is 0 Å². The molecule has 5 nitrogen and oxygen atoms in total. The summed E-state index contributed by atoms with van der Waals surface area (Å²) in [7, 11) is 0. The molecule has 0 unspecified atom stereocenters. The van der Waals surface area contributed by atoms with Gasteiger partial charge >= 0.3 is 20.0 Å². The Labute approximate surface area is 298 Å². The second-order valence-electron chi connectivity index (χ2n) is 11.8. The number of aromatic nitrogens is 4. The Balaban J connectivity index is 0.00000177. The van der Waals surface area contributed by atoms with Gasteiger partial charge in [-0.15, -0.1) is 22.1 Å². The van der Waals surface area contributed by atoms with Crippen molar-refractivity contribution in [1.82, 2.24) is 19.9 Å². The molecule has 2 aliphatic heterocycles. The van der Waals surface area contributed by atoms with Gasteiger partial charge in [0.2, 0.25) is 0 Å². The van der Waals surface area contributed by atoms with Gasteiger partial charge in [0, 0.05) is 0 Å². The van der Waals surface area contributed by atoms with Crippen molar-refractivity contribution in [2.45, 2.75) is 0 Å².